The Kier molecular flexibility index (Phi) is 5.62. The average molecular weight is 219 g/mol. The van der Waals surface area contributed by atoms with E-state index in [-0.39, 0.29) is 5.75 Å². The van der Waals surface area contributed by atoms with Gasteiger partial charge in [-0.15, -0.1) is 0 Å². The zero-order chi connectivity index (χ0) is 10.4. The van der Waals surface area contributed by atoms with Gasteiger partial charge >= 0.3 is 0 Å². The first-order valence-corrected chi connectivity index (χ1v) is 6.45. The van der Waals surface area contributed by atoms with Gasteiger partial charge in [0.1, 0.15) is 0 Å². The van der Waals surface area contributed by atoms with Gasteiger partial charge in [0.15, 0.2) is 0 Å². The molecule has 0 aromatic rings. The smallest absolute Gasteiger partial charge is 0.0114 e. The van der Waals surface area contributed by atoms with Crippen molar-refractivity contribution in [3.8, 4) is 0 Å². The van der Waals surface area contributed by atoms with Crippen molar-refractivity contribution >= 4 is 11.1 Å². The molecular formula is C9H19N2O2S-. The number of nitrogens with zero attached hydrogens (tertiary/aromatic N) is 1. The maximum Gasteiger partial charge on any atom is 0.0114 e. The summed E-state index contributed by atoms with van der Waals surface area (Å²) in [5.74, 6) is 0.969. The van der Waals surface area contributed by atoms with Crippen molar-refractivity contribution in [2.24, 2.45) is 11.7 Å². The van der Waals surface area contributed by atoms with Crippen LogP contribution in [0.3, 0.4) is 0 Å². The zero-order valence-electron chi connectivity index (χ0n) is 8.48. The van der Waals surface area contributed by atoms with Crippen LogP contribution in [0.4, 0.5) is 0 Å². The summed E-state index contributed by atoms with van der Waals surface area (Å²) >= 11 is -1.88. The lowest BCUT2D eigenvalue weighted by atomic mass is 9.97. The van der Waals surface area contributed by atoms with Crippen molar-refractivity contribution in [3.63, 3.8) is 0 Å². The first kappa shape index (κ1) is 12.1. The number of hydrogen-bond donors (Lipinski definition) is 1. The fourth-order valence-electron chi connectivity index (χ4n) is 1.85. The van der Waals surface area contributed by atoms with Crippen molar-refractivity contribution < 1.29 is 8.76 Å². The van der Waals surface area contributed by atoms with Crippen molar-refractivity contribution in [3.05, 3.63) is 0 Å². The van der Waals surface area contributed by atoms with Crippen molar-refractivity contribution in [2.75, 3.05) is 31.9 Å². The van der Waals surface area contributed by atoms with E-state index in [9.17, 15) is 8.76 Å². The van der Waals surface area contributed by atoms with Gasteiger partial charge in [-0.3, -0.25) is 4.21 Å². The number of nitrogens with two attached hydrogens (primary N) is 1. The fourth-order valence-corrected chi connectivity index (χ4v) is 2.22. The molecule has 0 radical (unpaired) electrons. The molecule has 4 nitrogen and oxygen atoms in total. The molecule has 0 bridgehead atoms. The third kappa shape index (κ3) is 4.50. The summed E-state index contributed by atoms with van der Waals surface area (Å²) in [6.45, 7) is 3.85. The number of piperidine rings is 1. The Bertz CT molecular complexity index is 182. The molecule has 1 unspecified atom stereocenters. The molecule has 5 heteroatoms. The van der Waals surface area contributed by atoms with E-state index >= 15 is 0 Å². The van der Waals surface area contributed by atoms with Gasteiger partial charge in [0.2, 0.25) is 0 Å². The van der Waals surface area contributed by atoms with Crippen LogP contribution in [0.15, 0.2) is 0 Å². The number of hydrogen-bond acceptors (Lipinski definition) is 4. The predicted molar refractivity (Wildman–Crippen MR) is 56.6 cm³/mol. The fraction of sp³-hybridized carbons (Fsp3) is 1.00. The number of rotatable bonds is 5. The van der Waals surface area contributed by atoms with E-state index in [2.05, 4.69) is 4.90 Å². The van der Waals surface area contributed by atoms with E-state index in [0.717, 1.165) is 45.4 Å². The van der Waals surface area contributed by atoms with Crippen molar-refractivity contribution in [2.45, 2.75) is 19.3 Å². The zero-order valence-corrected chi connectivity index (χ0v) is 9.30. The molecule has 14 heavy (non-hydrogen) atoms. The predicted octanol–water partition coefficient (Wildman–Crippen LogP) is -0.0737. The van der Waals surface area contributed by atoms with Crippen molar-refractivity contribution in [1.82, 2.24) is 4.90 Å². The van der Waals surface area contributed by atoms with Gasteiger partial charge in [-0.05, 0) is 51.4 Å². The molecule has 0 aromatic carbocycles. The minimum absolute atomic E-state index is 0.289. The molecule has 1 aliphatic rings. The summed E-state index contributed by atoms with van der Waals surface area (Å²) < 4.78 is 20.6. The Labute approximate surface area is 88.1 Å². The molecule has 1 fully saturated rings. The molecule has 1 aliphatic heterocycles. The van der Waals surface area contributed by atoms with Crippen LogP contribution in [0.2, 0.25) is 0 Å². The summed E-state index contributed by atoms with van der Waals surface area (Å²) in [5.41, 5.74) is 5.59. The molecule has 1 atom stereocenters. The van der Waals surface area contributed by atoms with E-state index < -0.39 is 11.1 Å². The maximum absolute atomic E-state index is 10.3. The van der Waals surface area contributed by atoms with Crippen LogP contribution in [0.25, 0.3) is 0 Å². The van der Waals surface area contributed by atoms with Crippen LogP contribution in [-0.2, 0) is 11.1 Å². The monoisotopic (exact) mass is 219 g/mol. The molecule has 84 valence electrons. The van der Waals surface area contributed by atoms with E-state index in [0.29, 0.717) is 5.92 Å². The van der Waals surface area contributed by atoms with Gasteiger partial charge in [-0.1, -0.05) is 11.1 Å². The molecule has 1 saturated heterocycles. The molecule has 2 N–H and O–H groups in total. The number of likely N-dealkylation sites (tertiary alicyclic amines) is 1. The van der Waals surface area contributed by atoms with Crippen LogP contribution >= 0.6 is 0 Å². The van der Waals surface area contributed by atoms with Crippen LogP contribution in [0, 0.1) is 5.92 Å². The van der Waals surface area contributed by atoms with Gasteiger partial charge in [0.05, 0.1) is 0 Å². The van der Waals surface area contributed by atoms with Crippen LogP contribution in [0.1, 0.15) is 19.3 Å². The van der Waals surface area contributed by atoms with Crippen LogP contribution < -0.4 is 5.73 Å². The minimum atomic E-state index is -1.88. The highest BCUT2D eigenvalue weighted by atomic mass is 32.2. The molecule has 0 aliphatic carbocycles. The molecular weight excluding hydrogens is 200 g/mol. The van der Waals surface area contributed by atoms with Crippen molar-refractivity contribution in [1.29, 1.82) is 0 Å². The molecule has 0 spiro atoms. The van der Waals surface area contributed by atoms with E-state index in [1.165, 1.54) is 0 Å². The first-order valence-electron chi connectivity index (χ1n) is 5.20. The summed E-state index contributed by atoms with van der Waals surface area (Å²) in [5, 5.41) is 0. The molecule has 0 aromatic heterocycles. The lowest BCUT2D eigenvalue weighted by Crippen LogP contribution is -2.36. The molecule has 0 amide bonds. The molecule has 1 rings (SSSR count). The summed E-state index contributed by atoms with van der Waals surface area (Å²) in [4.78, 5) is 2.33. The largest absolute Gasteiger partial charge is 0.772 e. The van der Waals surface area contributed by atoms with Gasteiger partial charge in [-0.2, -0.15) is 0 Å². The highest BCUT2D eigenvalue weighted by Gasteiger charge is 2.16. The van der Waals surface area contributed by atoms with E-state index in [1.807, 2.05) is 0 Å². The third-order valence-electron chi connectivity index (χ3n) is 2.83. The Hall–Kier alpha value is 0.0300. The average Bonchev–Trinajstić information content (AvgIpc) is 2.18. The second kappa shape index (κ2) is 6.50. The summed E-state index contributed by atoms with van der Waals surface area (Å²) in [7, 11) is 0. The second-order valence-corrected chi connectivity index (χ2v) is 4.90. The quantitative estimate of drug-likeness (QED) is 0.657. The third-order valence-corrected chi connectivity index (χ3v) is 3.45. The normalized spacial score (nSPS) is 22.4. The van der Waals surface area contributed by atoms with E-state index in [4.69, 9.17) is 5.73 Å². The van der Waals surface area contributed by atoms with Gasteiger partial charge < -0.3 is 15.2 Å². The van der Waals surface area contributed by atoms with Gasteiger partial charge in [-0.25, -0.2) is 0 Å². The SMILES string of the molecule is NCC1CCN(CCCS(=O)[O-])CC1. The second-order valence-electron chi connectivity index (χ2n) is 3.88. The van der Waals surface area contributed by atoms with Crippen LogP contribution in [0.5, 0.6) is 0 Å². The Balaban J connectivity index is 2.07. The Morgan fingerprint density at radius 2 is 2.07 bits per heavy atom. The highest BCUT2D eigenvalue weighted by molar-refractivity contribution is 7.79. The van der Waals surface area contributed by atoms with Gasteiger partial charge in [0, 0.05) is 5.75 Å². The minimum Gasteiger partial charge on any atom is -0.772 e. The topological polar surface area (TPSA) is 69.4 Å². The van der Waals surface area contributed by atoms with E-state index in [1.54, 1.807) is 0 Å². The molecule has 0 saturated carbocycles. The summed E-state index contributed by atoms with van der Waals surface area (Å²) in [6.07, 6.45) is 3.08. The standard InChI is InChI=1S/C9H20N2O2S/c10-8-9-2-5-11(6-3-9)4-1-7-14(12)13/h9H,1-8,10H2,(H,12,13)/p-1. The van der Waals surface area contributed by atoms with Crippen LogP contribution in [-0.4, -0.2) is 45.6 Å². The van der Waals surface area contributed by atoms with Gasteiger partial charge in [0.25, 0.3) is 0 Å². The summed E-state index contributed by atoms with van der Waals surface area (Å²) in [6, 6.07) is 0. The lowest BCUT2D eigenvalue weighted by molar-refractivity contribution is 0.188. The highest BCUT2D eigenvalue weighted by Crippen LogP contribution is 2.15. The Morgan fingerprint density at radius 3 is 2.57 bits per heavy atom. The molecule has 1 heterocycles. The lowest BCUT2D eigenvalue weighted by Gasteiger charge is -2.31. The Morgan fingerprint density at radius 1 is 1.43 bits per heavy atom. The maximum atomic E-state index is 10.3. The first-order chi connectivity index (χ1) is 6.72.